The SMILES string of the molecule is CCCC[PH](CCCC)(CCCC)CC1CO1. The van der Waals surface area contributed by atoms with E-state index in [9.17, 15) is 0 Å². The molecule has 0 amide bonds. The molecular weight excluding hydrogens is 227 g/mol. The zero-order valence-corrected chi connectivity index (χ0v) is 13.3. The van der Waals surface area contributed by atoms with Gasteiger partial charge in [0.1, 0.15) is 0 Å². The first-order valence-corrected chi connectivity index (χ1v) is 10.7. The van der Waals surface area contributed by atoms with Gasteiger partial charge >= 0.3 is 109 Å². The minimum atomic E-state index is -0.984. The molecule has 0 bridgehead atoms. The Morgan fingerprint density at radius 1 is 0.882 bits per heavy atom. The summed E-state index contributed by atoms with van der Waals surface area (Å²) < 4.78 is 5.54. The van der Waals surface area contributed by atoms with Crippen molar-refractivity contribution in [2.45, 2.75) is 65.4 Å². The summed E-state index contributed by atoms with van der Waals surface area (Å²) in [5.74, 6) is 0. The van der Waals surface area contributed by atoms with E-state index in [2.05, 4.69) is 20.8 Å². The van der Waals surface area contributed by atoms with Crippen molar-refractivity contribution in [3.8, 4) is 0 Å². The monoisotopic (exact) mass is 260 g/mol. The van der Waals surface area contributed by atoms with Gasteiger partial charge in [0.15, 0.2) is 0 Å². The summed E-state index contributed by atoms with van der Waals surface area (Å²) in [6.45, 7) is 8.09. The number of ether oxygens (including phenoxy) is 1. The maximum atomic E-state index is 5.54. The fourth-order valence-corrected chi connectivity index (χ4v) is 8.88. The molecular formula is C15H33OP. The van der Waals surface area contributed by atoms with Crippen molar-refractivity contribution < 1.29 is 4.74 Å². The fraction of sp³-hybridized carbons (Fsp3) is 1.00. The fourth-order valence-electron chi connectivity index (χ4n) is 3.01. The van der Waals surface area contributed by atoms with Crippen molar-refractivity contribution in [1.82, 2.24) is 0 Å². The molecule has 2 heteroatoms. The summed E-state index contributed by atoms with van der Waals surface area (Å²) in [5, 5.41) is 0. The van der Waals surface area contributed by atoms with Crippen molar-refractivity contribution in [2.75, 3.05) is 31.3 Å². The second kappa shape index (κ2) is 8.48. The third kappa shape index (κ3) is 6.20. The average molecular weight is 260 g/mol. The van der Waals surface area contributed by atoms with Gasteiger partial charge < -0.3 is 0 Å². The first kappa shape index (κ1) is 15.4. The Bertz CT molecular complexity index is 168. The molecule has 1 rings (SSSR count). The van der Waals surface area contributed by atoms with Crippen molar-refractivity contribution in [3.05, 3.63) is 0 Å². The molecule has 1 fully saturated rings. The van der Waals surface area contributed by atoms with Crippen LogP contribution in [0.25, 0.3) is 0 Å². The van der Waals surface area contributed by atoms with Gasteiger partial charge in [-0.2, -0.15) is 0 Å². The molecule has 0 aromatic carbocycles. The van der Waals surface area contributed by atoms with E-state index in [1.165, 1.54) is 44.7 Å². The van der Waals surface area contributed by atoms with Gasteiger partial charge in [-0.3, -0.25) is 0 Å². The van der Waals surface area contributed by atoms with Crippen LogP contribution in [0.2, 0.25) is 0 Å². The van der Waals surface area contributed by atoms with Crippen molar-refractivity contribution >= 4 is 7.26 Å². The first-order chi connectivity index (χ1) is 8.26. The summed E-state index contributed by atoms with van der Waals surface area (Å²) in [6, 6.07) is 0. The van der Waals surface area contributed by atoms with Gasteiger partial charge in [0.25, 0.3) is 0 Å². The van der Waals surface area contributed by atoms with Crippen LogP contribution in [0, 0.1) is 0 Å². The zero-order chi connectivity index (χ0) is 12.6. The quantitative estimate of drug-likeness (QED) is 0.392. The van der Waals surface area contributed by atoms with Crippen LogP contribution in [0.5, 0.6) is 0 Å². The van der Waals surface area contributed by atoms with Gasteiger partial charge in [0.2, 0.25) is 0 Å². The molecule has 1 atom stereocenters. The molecule has 1 unspecified atom stereocenters. The van der Waals surface area contributed by atoms with Crippen LogP contribution in [-0.4, -0.2) is 37.4 Å². The predicted octanol–water partition coefficient (Wildman–Crippen LogP) is 4.54. The van der Waals surface area contributed by atoms with Crippen LogP contribution in [0.1, 0.15) is 59.3 Å². The molecule has 0 radical (unpaired) electrons. The summed E-state index contributed by atoms with van der Waals surface area (Å²) in [6.07, 6.45) is 15.4. The van der Waals surface area contributed by atoms with E-state index in [0.717, 1.165) is 6.61 Å². The van der Waals surface area contributed by atoms with Crippen LogP contribution in [0.3, 0.4) is 0 Å². The maximum absolute atomic E-state index is 5.54. The summed E-state index contributed by atoms with van der Waals surface area (Å²) in [5.41, 5.74) is 0. The molecule has 1 aliphatic rings. The summed E-state index contributed by atoms with van der Waals surface area (Å²) in [4.78, 5) is 0. The van der Waals surface area contributed by atoms with Crippen LogP contribution < -0.4 is 0 Å². The van der Waals surface area contributed by atoms with E-state index < -0.39 is 7.26 Å². The Labute approximate surface area is 109 Å². The molecule has 0 saturated carbocycles. The van der Waals surface area contributed by atoms with E-state index in [4.69, 9.17) is 4.74 Å². The van der Waals surface area contributed by atoms with Gasteiger partial charge in [-0.05, 0) is 0 Å². The van der Waals surface area contributed by atoms with Gasteiger partial charge in [-0.15, -0.1) is 0 Å². The Hall–Kier alpha value is 0.390. The molecule has 1 nitrogen and oxygen atoms in total. The third-order valence-corrected chi connectivity index (χ3v) is 9.81. The molecule has 17 heavy (non-hydrogen) atoms. The number of epoxide rings is 1. The van der Waals surface area contributed by atoms with Crippen LogP contribution in [-0.2, 0) is 4.74 Å². The molecule has 1 saturated heterocycles. The Balaban J connectivity index is 2.51. The number of unbranched alkanes of at least 4 members (excludes halogenated alkanes) is 3. The average Bonchev–Trinajstić information content (AvgIpc) is 3.15. The second-order valence-corrected chi connectivity index (χ2v) is 10.9. The molecule has 0 aliphatic carbocycles. The number of hydrogen-bond acceptors (Lipinski definition) is 1. The molecule has 1 aliphatic heterocycles. The Kier molecular flexibility index (Phi) is 7.71. The first-order valence-electron chi connectivity index (χ1n) is 7.88. The van der Waals surface area contributed by atoms with Gasteiger partial charge in [0, 0.05) is 0 Å². The molecule has 0 spiro atoms. The number of hydrogen-bond donors (Lipinski definition) is 0. The van der Waals surface area contributed by atoms with E-state index in [0.29, 0.717) is 6.10 Å². The molecule has 0 aromatic heterocycles. The minimum absolute atomic E-state index is 0.673. The predicted molar refractivity (Wildman–Crippen MR) is 82.2 cm³/mol. The molecule has 104 valence electrons. The van der Waals surface area contributed by atoms with Crippen molar-refractivity contribution in [3.63, 3.8) is 0 Å². The van der Waals surface area contributed by atoms with E-state index in [1.807, 2.05) is 0 Å². The second-order valence-electron chi connectivity index (χ2n) is 5.97. The number of rotatable bonds is 11. The summed E-state index contributed by atoms with van der Waals surface area (Å²) >= 11 is 0. The summed E-state index contributed by atoms with van der Waals surface area (Å²) in [7, 11) is -0.984. The van der Waals surface area contributed by atoms with E-state index in [-0.39, 0.29) is 0 Å². The van der Waals surface area contributed by atoms with Gasteiger partial charge in [-0.1, -0.05) is 0 Å². The van der Waals surface area contributed by atoms with E-state index >= 15 is 0 Å². The van der Waals surface area contributed by atoms with Crippen LogP contribution in [0.15, 0.2) is 0 Å². The standard InChI is InChI=1S/C15H33OP/c1-4-7-10-17(11-8-5-2,12-9-6-3)14-15-13-16-15/h15,17H,4-14H2,1-3H3. The van der Waals surface area contributed by atoms with E-state index in [1.54, 1.807) is 18.5 Å². The normalized spacial score (nSPS) is 20.5. The van der Waals surface area contributed by atoms with Crippen LogP contribution >= 0.6 is 7.26 Å². The third-order valence-electron chi connectivity index (χ3n) is 4.25. The van der Waals surface area contributed by atoms with Crippen molar-refractivity contribution in [2.24, 2.45) is 0 Å². The molecule has 0 N–H and O–H groups in total. The zero-order valence-electron chi connectivity index (χ0n) is 12.3. The topological polar surface area (TPSA) is 12.5 Å². The van der Waals surface area contributed by atoms with Gasteiger partial charge in [0.05, 0.1) is 0 Å². The Morgan fingerprint density at radius 3 is 1.59 bits per heavy atom. The van der Waals surface area contributed by atoms with Gasteiger partial charge in [-0.25, -0.2) is 0 Å². The Morgan fingerprint density at radius 2 is 1.29 bits per heavy atom. The molecule has 0 aromatic rings. The van der Waals surface area contributed by atoms with Crippen LogP contribution in [0.4, 0.5) is 0 Å². The molecule has 1 heterocycles. The van der Waals surface area contributed by atoms with Crippen molar-refractivity contribution in [1.29, 1.82) is 0 Å².